The molecule has 1 aliphatic heterocycles. The molecule has 2 atom stereocenters. The molecular formula is C11H17N3O3. The van der Waals surface area contributed by atoms with Gasteiger partial charge in [-0.1, -0.05) is 0 Å². The number of aliphatic hydroxyl groups is 1. The molecule has 1 saturated heterocycles. The maximum atomic E-state index is 9.93. The fourth-order valence-corrected chi connectivity index (χ4v) is 1.64. The van der Waals surface area contributed by atoms with Crippen LogP contribution >= 0.6 is 0 Å². The van der Waals surface area contributed by atoms with Gasteiger partial charge in [-0.15, -0.1) is 0 Å². The molecule has 94 valence electrons. The van der Waals surface area contributed by atoms with Crippen LogP contribution < -0.4 is 5.32 Å². The van der Waals surface area contributed by atoms with Crippen molar-refractivity contribution in [2.45, 2.75) is 31.8 Å². The quantitative estimate of drug-likeness (QED) is 0.792. The van der Waals surface area contributed by atoms with Gasteiger partial charge >= 0.3 is 0 Å². The van der Waals surface area contributed by atoms with E-state index in [1.165, 1.54) is 0 Å². The van der Waals surface area contributed by atoms with Crippen LogP contribution in [-0.2, 0) is 9.47 Å². The van der Waals surface area contributed by atoms with Crippen molar-refractivity contribution in [1.29, 1.82) is 0 Å². The third kappa shape index (κ3) is 3.36. The molecule has 17 heavy (non-hydrogen) atoms. The van der Waals surface area contributed by atoms with E-state index in [0.29, 0.717) is 19.0 Å². The molecule has 0 amide bonds. The van der Waals surface area contributed by atoms with Gasteiger partial charge in [0.05, 0.1) is 18.9 Å². The van der Waals surface area contributed by atoms with Gasteiger partial charge in [-0.05, 0) is 13.8 Å². The number of ether oxygens (including phenoxy) is 2. The topological polar surface area (TPSA) is 76.5 Å². The zero-order valence-corrected chi connectivity index (χ0v) is 9.96. The van der Waals surface area contributed by atoms with Gasteiger partial charge in [0.2, 0.25) is 0 Å². The summed E-state index contributed by atoms with van der Waals surface area (Å²) in [7, 11) is 0. The van der Waals surface area contributed by atoms with Gasteiger partial charge in [0.15, 0.2) is 5.79 Å². The number of aliphatic hydroxyl groups excluding tert-OH is 1. The normalized spacial score (nSPS) is 24.5. The van der Waals surface area contributed by atoms with Crippen molar-refractivity contribution in [2.75, 3.05) is 18.5 Å². The summed E-state index contributed by atoms with van der Waals surface area (Å²) >= 11 is 0. The lowest BCUT2D eigenvalue weighted by Gasteiger charge is -2.20. The highest BCUT2D eigenvalue weighted by molar-refractivity contribution is 5.29. The summed E-state index contributed by atoms with van der Waals surface area (Å²) in [6, 6.07) is 0. The van der Waals surface area contributed by atoms with Crippen molar-refractivity contribution in [1.82, 2.24) is 9.97 Å². The van der Waals surface area contributed by atoms with E-state index in [1.807, 2.05) is 13.8 Å². The van der Waals surface area contributed by atoms with Crippen LogP contribution in [0.4, 0.5) is 5.82 Å². The van der Waals surface area contributed by atoms with Gasteiger partial charge in [0.1, 0.15) is 11.9 Å². The smallest absolute Gasteiger partial charge is 0.163 e. The molecular weight excluding hydrogens is 222 g/mol. The SMILES string of the molecule is CC1(C)OC[C@H](C(O)CNc2cnccn2)O1. The molecule has 1 fully saturated rings. The maximum absolute atomic E-state index is 9.93. The number of hydrogen-bond acceptors (Lipinski definition) is 6. The van der Waals surface area contributed by atoms with Crippen molar-refractivity contribution in [3.8, 4) is 0 Å². The Morgan fingerprint density at radius 3 is 3.00 bits per heavy atom. The average molecular weight is 239 g/mol. The number of rotatable bonds is 4. The highest BCUT2D eigenvalue weighted by Crippen LogP contribution is 2.24. The molecule has 1 aromatic heterocycles. The number of hydrogen-bond donors (Lipinski definition) is 2. The number of aromatic nitrogens is 2. The molecule has 1 aliphatic rings. The molecule has 1 aromatic rings. The summed E-state index contributed by atoms with van der Waals surface area (Å²) in [6.07, 6.45) is 3.83. The molecule has 0 radical (unpaired) electrons. The van der Waals surface area contributed by atoms with E-state index >= 15 is 0 Å². The van der Waals surface area contributed by atoms with E-state index in [1.54, 1.807) is 18.6 Å². The van der Waals surface area contributed by atoms with Gasteiger partial charge in [0.25, 0.3) is 0 Å². The van der Waals surface area contributed by atoms with Crippen molar-refractivity contribution in [2.24, 2.45) is 0 Å². The summed E-state index contributed by atoms with van der Waals surface area (Å²) < 4.78 is 10.9. The Labute approximate surface area is 100.0 Å². The first-order valence-corrected chi connectivity index (χ1v) is 5.56. The molecule has 0 bridgehead atoms. The Morgan fingerprint density at radius 1 is 1.59 bits per heavy atom. The first kappa shape index (κ1) is 12.2. The zero-order valence-electron chi connectivity index (χ0n) is 9.96. The number of anilines is 1. The maximum Gasteiger partial charge on any atom is 0.163 e. The van der Waals surface area contributed by atoms with Crippen LogP contribution in [0.3, 0.4) is 0 Å². The lowest BCUT2D eigenvalue weighted by molar-refractivity contribution is -0.149. The standard InChI is InChI=1S/C11H17N3O3/c1-11(2)16-7-9(17-11)8(15)5-14-10-6-12-3-4-13-10/h3-4,6,8-9,15H,5,7H2,1-2H3,(H,13,14)/t8?,9-/m1/s1. The minimum Gasteiger partial charge on any atom is -0.388 e. The number of nitrogens with one attached hydrogen (secondary N) is 1. The van der Waals surface area contributed by atoms with Crippen molar-refractivity contribution in [3.05, 3.63) is 18.6 Å². The molecule has 0 aromatic carbocycles. The Kier molecular flexibility index (Phi) is 3.56. The van der Waals surface area contributed by atoms with E-state index in [4.69, 9.17) is 9.47 Å². The summed E-state index contributed by atoms with van der Waals surface area (Å²) in [4.78, 5) is 7.97. The minimum absolute atomic E-state index is 0.311. The molecule has 0 aliphatic carbocycles. The second-order valence-electron chi connectivity index (χ2n) is 4.41. The fourth-order valence-electron chi connectivity index (χ4n) is 1.64. The molecule has 6 heteroatoms. The first-order valence-electron chi connectivity index (χ1n) is 5.56. The highest BCUT2D eigenvalue weighted by atomic mass is 16.7. The second kappa shape index (κ2) is 4.95. The van der Waals surface area contributed by atoms with E-state index in [9.17, 15) is 5.11 Å². The van der Waals surface area contributed by atoms with Crippen LogP contribution in [0.1, 0.15) is 13.8 Å². The van der Waals surface area contributed by atoms with Crippen molar-refractivity contribution < 1.29 is 14.6 Å². The molecule has 2 N–H and O–H groups in total. The van der Waals surface area contributed by atoms with Crippen LogP contribution in [0.25, 0.3) is 0 Å². The minimum atomic E-state index is -0.640. The highest BCUT2D eigenvalue weighted by Gasteiger charge is 2.36. The summed E-state index contributed by atoms with van der Waals surface area (Å²) in [6.45, 7) is 4.41. The summed E-state index contributed by atoms with van der Waals surface area (Å²) in [5.74, 6) is 0.0165. The molecule has 0 saturated carbocycles. The van der Waals surface area contributed by atoms with E-state index in [0.717, 1.165) is 0 Å². The largest absolute Gasteiger partial charge is 0.388 e. The molecule has 1 unspecified atom stereocenters. The third-order valence-corrected chi connectivity index (χ3v) is 2.52. The van der Waals surface area contributed by atoms with Crippen LogP contribution in [-0.4, -0.2) is 46.2 Å². The Balaban J connectivity index is 1.80. The Morgan fingerprint density at radius 2 is 2.41 bits per heavy atom. The monoisotopic (exact) mass is 239 g/mol. The van der Waals surface area contributed by atoms with Crippen LogP contribution in [0.5, 0.6) is 0 Å². The van der Waals surface area contributed by atoms with E-state index < -0.39 is 11.9 Å². The van der Waals surface area contributed by atoms with Gasteiger partial charge in [-0.25, -0.2) is 4.98 Å². The Bertz CT molecular complexity index is 358. The second-order valence-corrected chi connectivity index (χ2v) is 4.41. The van der Waals surface area contributed by atoms with Crippen molar-refractivity contribution >= 4 is 5.82 Å². The molecule has 2 heterocycles. The average Bonchev–Trinajstić information content (AvgIpc) is 2.68. The van der Waals surface area contributed by atoms with Gasteiger partial charge in [0, 0.05) is 18.9 Å². The fraction of sp³-hybridized carbons (Fsp3) is 0.636. The number of nitrogens with zero attached hydrogens (tertiary/aromatic N) is 2. The predicted molar refractivity (Wildman–Crippen MR) is 61.4 cm³/mol. The van der Waals surface area contributed by atoms with Gasteiger partial charge in [-0.3, -0.25) is 4.98 Å². The van der Waals surface area contributed by atoms with Crippen LogP contribution in [0.2, 0.25) is 0 Å². The lowest BCUT2D eigenvalue weighted by atomic mass is 10.2. The zero-order chi connectivity index (χ0) is 12.3. The van der Waals surface area contributed by atoms with E-state index in [-0.39, 0.29) is 6.10 Å². The van der Waals surface area contributed by atoms with Gasteiger partial charge < -0.3 is 19.9 Å². The first-order chi connectivity index (χ1) is 8.07. The summed E-state index contributed by atoms with van der Waals surface area (Å²) in [5.41, 5.74) is 0. The van der Waals surface area contributed by atoms with Crippen LogP contribution in [0.15, 0.2) is 18.6 Å². The molecule has 2 rings (SSSR count). The van der Waals surface area contributed by atoms with Crippen molar-refractivity contribution in [3.63, 3.8) is 0 Å². The Hall–Kier alpha value is -1.24. The molecule has 0 spiro atoms. The van der Waals surface area contributed by atoms with E-state index in [2.05, 4.69) is 15.3 Å². The molecule has 6 nitrogen and oxygen atoms in total. The predicted octanol–water partition coefficient (Wildman–Crippen LogP) is 0.401. The lowest BCUT2D eigenvalue weighted by Crippen LogP contribution is -2.35. The van der Waals surface area contributed by atoms with Gasteiger partial charge in [-0.2, -0.15) is 0 Å². The summed E-state index contributed by atoms with van der Waals surface area (Å²) in [5, 5.41) is 12.9. The third-order valence-electron chi connectivity index (χ3n) is 2.52. The van der Waals surface area contributed by atoms with Crippen LogP contribution in [0, 0.1) is 0 Å².